The van der Waals surface area contributed by atoms with Crippen LogP contribution in [0.4, 0.5) is 0 Å². The van der Waals surface area contributed by atoms with E-state index in [0.29, 0.717) is 31.7 Å². The lowest BCUT2D eigenvalue weighted by Crippen LogP contribution is -2.54. The van der Waals surface area contributed by atoms with Crippen molar-refractivity contribution in [2.75, 3.05) is 39.6 Å². The van der Waals surface area contributed by atoms with Gasteiger partial charge in [-0.25, -0.2) is 0 Å². The Hall–Kier alpha value is -0.160. The third kappa shape index (κ3) is 6.21. The van der Waals surface area contributed by atoms with E-state index >= 15 is 0 Å². The number of hydrogen-bond acceptors (Lipinski definition) is 4. The van der Waals surface area contributed by atoms with Gasteiger partial charge in [-0.2, -0.15) is 0 Å². The molecule has 1 atom stereocenters. The van der Waals surface area contributed by atoms with Gasteiger partial charge in [0.05, 0.1) is 32.0 Å². The van der Waals surface area contributed by atoms with Crippen LogP contribution in [0.25, 0.3) is 0 Å². The van der Waals surface area contributed by atoms with Gasteiger partial charge < -0.3 is 19.9 Å². The Kier molecular flexibility index (Phi) is 7.91. The van der Waals surface area contributed by atoms with Crippen LogP contribution in [-0.2, 0) is 9.47 Å². The van der Waals surface area contributed by atoms with Gasteiger partial charge in [-0.1, -0.05) is 20.8 Å². The maximum absolute atomic E-state index is 9.72. The summed E-state index contributed by atoms with van der Waals surface area (Å²) >= 11 is 0. The number of hydrogen-bond donors (Lipinski definition) is 2. The van der Waals surface area contributed by atoms with Crippen molar-refractivity contribution in [3.8, 4) is 0 Å². The molecule has 1 aliphatic carbocycles. The minimum absolute atomic E-state index is 0.157. The zero-order chi connectivity index (χ0) is 14.1. The van der Waals surface area contributed by atoms with Crippen molar-refractivity contribution in [3.63, 3.8) is 0 Å². The van der Waals surface area contributed by atoms with Crippen LogP contribution >= 0.6 is 0 Å². The SMILES string of the molecule is CCCNC(CO)(COCCOCC(C)C)C1CC1. The Balaban J connectivity index is 2.21. The van der Waals surface area contributed by atoms with Crippen LogP contribution in [0.1, 0.15) is 40.0 Å². The summed E-state index contributed by atoms with van der Waals surface area (Å²) < 4.78 is 11.2. The normalized spacial score (nSPS) is 18.8. The molecule has 19 heavy (non-hydrogen) atoms. The molecule has 0 radical (unpaired) electrons. The number of rotatable bonds is 12. The van der Waals surface area contributed by atoms with Gasteiger partial charge in [0.2, 0.25) is 0 Å². The summed E-state index contributed by atoms with van der Waals surface area (Å²) in [6, 6.07) is 0. The highest BCUT2D eigenvalue weighted by atomic mass is 16.5. The molecular formula is C15H31NO3. The fraction of sp³-hybridized carbons (Fsp3) is 1.00. The lowest BCUT2D eigenvalue weighted by molar-refractivity contribution is -0.00795. The molecule has 0 aliphatic heterocycles. The summed E-state index contributed by atoms with van der Waals surface area (Å²) in [5, 5.41) is 13.2. The Morgan fingerprint density at radius 3 is 2.47 bits per heavy atom. The molecule has 4 heteroatoms. The van der Waals surface area contributed by atoms with Crippen molar-refractivity contribution >= 4 is 0 Å². The zero-order valence-electron chi connectivity index (χ0n) is 12.8. The van der Waals surface area contributed by atoms with Crippen molar-refractivity contribution in [2.24, 2.45) is 11.8 Å². The molecule has 1 fully saturated rings. The number of ether oxygens (including phenoxy) is 2. The first-order valence-corrected chi connectivity index (χ1v) is 7.66. The molecule has 0 aromatic rings. The molecule has 0 amide bonds. The summed E-state index contributed by atoms with van der Waals surface area (Å²) in [7, 11) is 0. The van der Waals surface area contributed by atoms with E-state index in [1.165, 1.54) is 12.8 Å². The van der Waals surface area contributed by atoms with Crippen LogP contribution < -0.4 is 5.32 Å². The number of aliphatic hydroxyl groups excluding tert-OH is 1. The van der Waals surface area contributed by atoms with Crippen LogP contribution in [0.3, 0.4) is 0 Å². The Bertz CT molecular complexity index is 231. The predicted molar refractivity (Wildman–Crippen MR) is 77.3 cm³/mol. The van der Waals surface area contributed by atoms with Crippen molar-refractivity contribution in [1.29, 1.82) is 0 Å². The molecule has 114 valence electrons. The van der Waals surface area contributed by atoms with Gasteiger partial charge in [-0.15, -0.1) is 0 Å². The third-order valence-corrected chi connectivity index (χ3v) is 3.55. The number of aliphatic hydroxyl groups is 1. The maximum atomic E-state index is 9.72. The lowest BCUT2D eigenvalue weighted by atomic mass is 9.95. The molecule has 1 aliphatic rings. The van der Waals surface area contributed by atoms with Crippen molar-refractivity contribution in [1.82, 2.24) is 5.32 Å². The zero-order valence-corrected chi connectivity index (χ0v) is 12.8. The van der Waals surface area contributed by atoms with Crippen molar-refractivity contribution in [3.05, 3.63) is 0 Å². The van der Waals surface area contributed by atoms with Gasteiger partial charge in [-0.3, -0.25) is 0 Å². The Labute approximate surface area is 117 Å². The van der Waals surface area contributed by atoms with E-state index in [0.717, 1.165) is 19.6 Å². The van der Waals surface area contributed by atoms with Gasteiger partial charge in [0, 0.05) is 6.61 Å². The van der Waals surface area contributed by atoms with E-state index in [1.54, 1.807) is 0 Å². The first kappa shape index (κ1) is 16.9. The van der Waals surface area contributed by atoms with E-state index in [2.05, 4.69) is 26.1 Å². The largest absolute Gasteiger partial charge is 0.394 e. The van der Waals surface area contributed by atoms with E-state index in [4.69, 9.17) is 9.47 Å². The molecule has 0 bridgehead atoms. The molecule has 0 saturated heterocycles. The highest BCUT2D eigenvalue weighted by Gasteiger charge is 2.44. The van der Waals surface area contributed by atoms with Crippen LogP contribution in [0.2, 0.25) is 0 Å². The summed E-state index contributed by atoms with van der Waals surface area (Å²) in [4.78, 5) is 0. The van der Waals surface area contributed by atoms with Crippen LogP contribution in [0.5, 0.6) is 0 Å². The molecule has 1 rings (SSSR count). The van der Waals surface area contributed by atoms with Gasteiger partial charge >= 0.3 is 0 Å². The quantitative estimate of drug-likeness (QED) is 0.533. The minimum atomic E-state index is -0.228. The fourth-order valence-electron chi connectivity index (χ4n) is 2.24. The average Bonchev–Trinajstić information content (AvgIpc) is 3.22. The third-order valence-electron chi connectivity index (χ3n) is 3.55. The highest BCUT2D eigenvalue weighted by molar-refractivity contribution is 5.00. The highest BCUT2D eigenvalue weighted by Crippen LogP contribution is 2.39. The second kappa shape index (κ2) is 8.90. The van der Waals surface area contributed by atoms with Gasteiger partial charge in [0.25, 0.3) is 0 Å². The molecule has 1 saturated carbocycles. The van der Waals surface area contributed by atoms with Crippen molar-refractivity contribution in [2.45, 2.75) is 45.6 Å². The van der Waals surface area contributed by atoms with Crippen LogP contribution in [0, 0.1) is 11.8 Å². The Morgan fingerprint density at radius 2 is 1.95 bits per heavy atom. The van der Waals surface area contributed by atoms with Crippen molar-refractivity contribution < 1.29 is 14.6 Å². The molecule has 1 unspecified atom stereocenters. The standard InChI is InChI=1S/C15H31NO3/c1-4-7-16-15(11-17,14-5-6-14)12-19-9-8-18-10-13(2)3/h13-14,16-17H,4-12H2,1-3H3. The van der Waals surface area contributed by atoms with Crippen LogP contribution in [0.15, 0.2) is 0 Å². The summed E-state index contributed by atoms with van der Waals surface area (Å²) in [6.07, 6.45) is 3.47. The molecule has 0 aromatic carbocycles. The first-order valence-electron chi connectivity index (χ1n) is 7.66. The minimum Gasteiger partial charge on any atom is -0.394 e. The first-order chi connectivity index (χ1) is 9.14. The van der Waals surface area contributed by atoms with Crippen LogP contribution in [-0.4, -0.2) is 50.2 Å². The predicted octanol–water partition coefficient (Wildman–Crippen LogP) is 1.82. The monoisotopic (exact) mass is 273 g/mol. The number of nitrogens with one attached hydrogen (secondary N) is 1. The van der Waals surface area contributed by atoms with E-state index < -0.39 is 0 Å². The Morgan fingerprint density at radius 1 is 1.26 bits per heavy atom. The smallest absolute Gasteiger partial charge is 0.0701 e. The van der Waals surface area contributed by atoms with Gasteiger partial charge in [0.15, 0.2) is 0 Å². The maximum Gasteiger partial charge on any atom is 0.0701 e. The summed E-state index contributed by atoms with van der Waals surface area (Å²) in [6.45, 7) is 10.1. The van der Waals surface area contributed by atoms with E-state index in [1.807, 2.05) is 0 Å². The average molecular weight is 273 g/mol. The topological polar surface area (TPSA) is 50.7 Å². The van der Waals surface area contributed by atoms with Gasteiger partial charge in [-0.05, 0) is 37.6 Å². The second-order valence-corrected chi connectivity index (χ2v) is 6.04. The molecular weight excluding hydrogens is 242 g/mol. The molecule has 0 aromatic heterocycles. The molecule has 0 spiro atoms. The molecule has 2 N–H and O–H groups in total. The second-order valence-electron chi connectivity index (χ2n) is 6.04. The van der Waals surface area contributed by atoms with E-state index in [-0.39, 0.29) is 12.1 Å². The lowest BCUT2D eigenvalue weighted by Gasteiger charge is -2.33. The van der Waals surface area contributed by atoms with Gasteiger partial charge in [0.1, 0.15) is 0 Å². The fourth-order valence-corrected chi connectivity index (χ4v) is 2.24. The summed E-state index contributed by atoms with van der Waals surface area (Å²) in [5.74, 6) is 1.13. The molecule has 0 heterocycles. The molecule has 4 nitrogen and oxygen atoms in total. The van der Waals surface area contributed by atoms with E-state index in [9.17, 15) is 5.11 Å². The summed E-state index contributed by atoms with van der Waals surface area (Å²) in [5.41, 5.74) is -0.228.